The van der Waals surface area contributed by atoms with Gasteiger partial charge in [-0.1, -0.05) is 55.6 Å². The third-order valence-corrected chi connectivity index (χ3v) is 4.55. The molecule has 0 saturated heterocycles. The van der Waals surface area contributed by atoms with Gasteiger partial charge in [-0.2, -0.15) is 0 Å². The maximum Gasteiger partial charge on any atom is 0.243 e. The molecule has 1 aromatic carbocycles. The lowest BCUT2D eigenvalue weighted by molar-refractivity contribution is -0.130. The Morgan fingerprint density at radius 2 is 1.87 bits per heavy atom. The fourth-order valence-corrected chi connectivity index (χ4v) is 2.35. The zero-order chi connectivity index (χ0) is 17.6. The van der Waals surface area contributed by atoms with Crippen LogP contribution in [0.25, 0.3) is 0 Å². The van der Waals surface area contributed by atoms with Gasteiger partial charge < -0.3 is 16.4 Å². The third-order valence-electron chi connectivity index (χ3n) is 3.69. The fourth-order valence-electron chi connectivity index (χ4n) is 1.96. The van der Waals surface area contributed by atoms with Gasteiger partial charge in [0, 0.05) is 6.54 Å². The van der Waals surface area contributed by atoms with Crippen LogP contribution in [-0.4, -0.2) is 23.9 Å². The number of carbonyl (C=O) groups excluding carboxylic acids is 2. The van der Waals surface area contributed by atoms with Gasteiger partial charge in [0.2, 0.25) is 11.8 Å². The van der Waals surface area contributed by atoms with Gasteiger partial charge in [0.05, 0.1) is 16.1 Å². The molecule has 2 amide bonds. The second-order valence-electron chi connectivity index (χ2n) is 5.59. The van der Waals surface area contributed by atoms with Crippen molar-refractivity contribution in [2.75, 3.05) is 0 Å². The Hall–Kier alpha value is -1.30. The first kappa shape index (κ1) is 19.7. The summed E-state index contributed by atoms with van der Waals surface area (Å²) in [6.45, 7) is 5.67. The number of amides is 2. The Morgan fingerprint density at radius 3 is 2.43 bits per heavy atom. The minimum absolute atomic E-state index is 0.0208. The van der Waals surface area contributed by atoms with E-state index in [2.05, 4.69) is 10.6 Å². The second kappa shape index (κ2) is 9.11. The molecule has 128 valence electrons. The smallest absolute Gasteiger partial charge is 0.243 e. The SMILES string of the molecule is CC[C@H](C)[C@H](NC(=O)[C@H](C)N)C(=O)NCc1cccc(Cl)c1Cl. The van der Waals surface area contributed by atoms with Crippen LogP contribution in [-0.2, 0) is 16.1 Å². The highest BCUT2D eigenvalue weighted by Gasteiger charge is 2.26. The molecule has 1 rings (SSSR count). The molecular weight excluding hydrogens is 337 g/mol. The average Bonchev–Trinajstić information content (AvgIpc) is 2.52. The van der Waals surface area contributed by atoms with E-state index in [0.717, 1.165) is 6.42 Å². The Labute approximate surface area is 146 Å². The lowest BCUT2D eigenvalue weighted by Crippen LogP contribution is -2.53. The zero-order valence-electron chi connectivity index (χ0n) is 13.5. The van der Waals surface area contributed by atoms with E-state index in [1.807, 2.05) is 13.8 Å². The molecule has 0 aliphatic rings. The Kier molecular flexibility index (Phi) is 7.82. The number of nitrogens with two attached hydrogens (primary N) is 1. The number of benzene rings is 1. The van der Waals surface area contributed by atoms with Gasteiger partial charge >= 0.3 is 0 Å². The minimum atomic E-state index is -0.670. The van der Waals surface area contributed by atoms with Gasteiger partial charge in [0.1, 0.15) is 6.04 Å². The highest BCUT2D eigenvalue weighted by molar-refractivity contribution is 6.42. The zero-order valence-corrected chi connectivity index (χ0v) is 15.0. The van der Waals surface area contributed by atoms with Crippen LogP contribution in [0.3, 0.4) is 0 Å². The summed E-state index contributed by atoms with van der Waals surface area (Å²) in [7, 11) is 0. The summed E-state index contributed by atoms with van der Waals surface area (Å²) in [5.74, 6) is -0.650. The number of hydrogen-bond donors (Lipinski definition) is 3. The lowest BCUT2D eigenvalue weighted by Gasteiger charge is -2.24. The van der Waals surface area contributed by atoms with Crippen LogP contribution in [0.15, 0.2) is 18.2 Å². The molecule has 23 heavy (non-hydrogen) atoms. The van der Waals surface area contributed by atoms with Crippen molar-refractivity contribution in [2.24, 2.45) is 11.7 Å². The molecule has 0 bridgehead atoms. The van der Waals surface area contributed by atoms with Crippen LogP contribution in [0.4, 0.5) is 0 Å². The molecule has 0 aromatic heterocycles. The summed E-state index contributed by atoms with van der Waals surface area (Å²) < 4.78 is 0. The monoisotopic (exact) mass is 359 g/mol. The van der Waals surface area contributed by atoms with Crippen molar-refractivity contribution in [1.82, 2.24) is 10.6 Å². The van der Waals surface area contributed by atoms with E-state index in [1.165, 1.54) is 0 Å². The average molecular weight is 360 g/mol. The predicted octanol–water partition coefficient (Wildman–Crippen LogP) is 2.49. The van der Waals surface area contributed by atoms with Crippen LogP contribution in [0, 0.1) is 5.92 Å². The van der Waals surface area contributed by atoms with Crippen molar-refractivity contribution in [3.05, 3.63) is 33.8 Å². The van der Waals surface area contributed by atoms with Crippen LogP contribution in [0.5, 0.6) is 0 Å². The fraction of sp³-hybridized carbons (Fsp3) is 0.500. The van der Waals surface area contributed by atoms with Crippen molar-refractivity contribution < 1.29 is 9.59 Å². The van der Waals surface area contributed by atoms with Crippen molar-refractivity contribution in [3.63, 3.8) is 0 Å². The minimum Gasteiger partial charge on any atom is -0.350 e. The molecule has 0 aliphatic carbocycles. The van der Waals surface area contributed by atoms with E-state index in [0.29, 0.717) is 15.6 Å². The molecule has 7 heteroatoms. The molecule has 0 radical (unpaired) electrons. The Bertz CT molecular complexity index is 564. The number of nitrogens with one attached hydrogen (secondary N) is 2. The van der Waals surface area contributed by atoms with Crippen LogP contribution in [0.1, 0.15) is 32.8 Å². The van der Waals surface area contributed by atoms with E-state index in [9.17, 15) is 9.59 Å². The summed E-state index contributed by atoms with van der Waals surface area (Å²) in [5, 5.41) is 6.33. The largest absolute Gasteiger partial charge is 0.350 e. The maximum absolute atomic E-state index is 12.4. The van der Waals surface area contributed by atoms with Gasteiger partial charge in [-0.15, -0.1) is 0 Å². The molecular formula is C16H23Cl2N3O2. The summed E-state index contributed by atoms with van der Waals surface area (Å²) in [6.07, 6.45) is 0.745. The van der Waals surface area contributed by atoms with Crippen molar-refractivity contribution in [3.8, 4) is 0 Å². The quantitative estimate of drug-likeness (QED) is 0.699. The van der Waals surface area contributed by atoms with Gasteiger partial charge in [0.25, 0.3) is 0 Å². The van der Waals surface area contributed by atoms with E-state index in [4.69, 9.17) is 28.9 Å². The summed E-state index contributed by atoms with van der Waals surface area (Å²) in [6, 6.07) is 3.92. The standard InChI is InChI=1S/C16H23Cl2N3O2/c1-4-9(2)14(21-15(22)10(3)19)16(23)20-8-11-6-5-7-12(17)13(11)18/h5-7,9-10,14H,4,8,19H2,1-3H3,(H,20,23)(H,21,22)/t9-,10-,14-/m0/s1. The van der Waals surface area contributed by atoms with Gasteiger partial charge in [-0.05, 0) is 24.5 Å². The van der Waals surface area contributed by atoms with Crippen LogP contribution >= 0.6 is 23.2 Å². The van der Waals surface area contributed by atoms with Gasteiger partial charge in [-0.3, -0.25) is 9.59 Å². The Balaban J connectivity index is 2.77. The van der Waals surface area contributed by atoms with Crippen LogP contribution < -0.4 is 16.4 Å². The van der Waals surface area contributed by atoms with Crippen LogP contribution in [0.2, 0.25) is 10.0 Å². The van der Waals surface area contributed by atoms with E-state index < -0.39 is 12.1 Å². The third kappa shape index (κ3) is 5.68. The normalized spacial score (nSPS) is 14.7. The molecule has 0 fully saturated rings. The highest BCUT2D eigenvalue weighted by Crippen LogP contribution is 2.25. The molecule has 0 aliphatic heterocycles. The Morgan fingerprint density at radius 1 is 1.22 bits per heavy atom. The topological polar surface area (TPSA) is 84.2 Å². The maximum atomic E-state index is 12.4. The summed E-state index contributed by atoms with van der Waals surface area (Å²) in [5.41, 5.74) is 6.27. The van der Waals surface area contributed by atoms with Crippen molar-refractivity contribution in [1.29, 1.82) is 0 Å². The predicted molar refractivity (Wildman–Crippen MR) is 93.3 cm³/mol. The molecule has 0 saturated carbocycles. The molecule has 1 aromatic rings. The molecule has 5 nitrogen and oxygen atoms in total. The van der Waals surface area contributed by atoms with Crippen molar-refractivity contribution >= 4 is 35.0 Å². The molecule has 3 atom stereocenters. The molecule has 0 unspecified atom stereocenters. The van der Waals surface area contributed by atoms with E-state index in [1.54, 1.807) is 25.1 Å². The molecule has 0 spiro atoms. The number of halogens is 2. The lowest BCUT2D eigenvalue weighted by atomic mass is 9.98. The number of rotatable bonds is 7. The van der Waals surface area contributed by atoms with E-state index >= 15 is 0 Å². The van der Waals surface area contributed by atoms with Gasteiger partial charge in [0.15, 0.2) is 0 Å². The second-order valence-corrected chi connectivity index (χ2v) is 6.38. The first-order chi connectivity index (χ1) is 10.8. The molecule has 0 heterocycles. The number of carbonyl (C=O) groups is 2. The first-order valence-electron chi connectivity index (χ1n) is 7.54. The molecule has 4 N–H and O–H groups in total. The van der Waals surface area contributed by atoms with Gasteiger partial charge in [-0.25, -0.2) is 0 Å². The summed E-state index contributed by atoms with van der Waals surface area (Å²) in [4.78, 5) is 24.2. The van der Waals surface area contributed by atoms with E-state index in [-0.39, 0.29) is 24.3 Å². The highest BCUT2D eigenvalue weighted by atomic mass is 35.5. The number of hydrogen-bond acceptors (Lipinski definition) is 3. The van der Waals surface area contributed by atoms with Crippen molar-refractivity contribution in [2.45, 2.75) is 45.8 Å². The summed E-state index contributed by atoms with van der Waals surface area (Å²) >= 11 is 12.1. The first-order valence-corrected chi connectivity index (χ1v) is 8.30.